The zero-order valence-corrected chi connectivity index (χ0v) is 18.3. The van der Waals surface area contributed by atoms with E-state index in [4.69, 9.17) is 4.42 Å². The molecule has 1 saturated heterocycles. The van der Waals surface area contributed by atoms with Crippen LogP contribution in [0.25, 0.3) is 22.5 Å². The highest BCUT2D eigenvalue weighted by atomic mass is 19.4. The summed E-state index contributed by atoms with van der Waals surface area (Å²) in [6.07, 6.45) is -0.809. The lowest BCUT2D eigenvalue weighted by atomic mass is 10.0. The number of halogens is 3. The molecule has 2 aliphatic rings. The van der Waals surface area contributed by atoms with Crippen LogP contribution in [0, 0.1) is 0 Å². The van der Waals surface area contributed by atoms with E-state index in [-0.39, 0.29) is 12.2 Å². The average Bonchev–Trinajstić information content (AvgIpc) is 3.43. The van der Waals surface area contributed by atoms with Crippen molar-refractivity contribution in [2.75, 3.05) is 21.7 Å². The molecule has 1 atom stereocenters. The third-order valence-electron chi connectivity index (χ3n) is 6.40. The summed E-state index contributed by atoms with van der Waals surface area (Å²) in [6, 6.07) is 17.6. The summed E-state index contributed by atoms with van der Waals surface area (Å²) in [5, 5.41) is 2.95. The molecule has 176 valence electrons. The molecule has 6 nitrogen and oxygen atoms in total. The SMILES string of the molecule is O=C(Nc1cccc(-c2cnco2)c1)N1c2cc(-c3cccc(C(F)(F)F)c3)ccc2N2CC[C@@H]21. The number of urea groups is 1. The van der Waals surface area contributed by atoms with Gasteiger partial charge in [-0.25, -0.2) is 9.78 Å². The zero-order chi connectivity index (χ0) is 24.2. The Labute approximate surface area is 198 Å². The van der Waals surface area contributed by atoms with Gasteiger partial charge in [0.15, 0.2) is 12.2 Å². The molecule has 0 radical (unpaired) electrons. The Bertz CT molecular complexity index is 1420. The minimum atomic E-state index is -4.43. The molecular weight excluding hydrogens is 457 g/mol. The molecule has 0 unspecified atom stereocenters. The van der Waals surface area contributed by atoms with E-state index in [2.05, 4.69) is 15.2 Å². The van der Waals surface area contributed by atoms with Crippen molar-refractivity contribution >= 4 is 23.1 Å². The van der Waals surface area contributed by atoms with Crippen LogP contribution in [0.2, 0.25) is 0 Å². The van der Waals surface area contributed by atoms with E-state index in [9.17, 15) is 18.0 Å². The molecule has 0 saturated carbocycles. The molecule has 3 aromatic carbocycles. The second-order valence-electron chi connectivity index (χ2n) is 8.49. The van der Waals surface area contributed by atoms with E-state index in [0.717, 1.165) is 36.3 Å². The van der Waals surface area contributed by atoms with Gasteiger partial charge in [0.2, 0.25) is 0 Å². The number of benzene rings is 3. The monoisotopic (exact) mass is 476 g/mol. The molecule has 0 bridgehead atoms. The molecule has 35 heavy (non-hydrogen) atoms. The van der Waals surface area contributed by atoms with Gasteiger partial charge < -0.3 is 14.6 Å². The first-order valence-corrected chi connectivity index (χ1v) is 11.1. The Morgan fingerprint density at radius 1 is 0.971 bits per heavy atom. The number of aromatic nitrogens is 1. The highest BCUT2D eigenvalue weighted by Gasteiger charge is 2.45. The average molecular weight is 476 g/mol. The number of hydrogen-bond donors (Lipinski definition) is 1. The fourth-order valence-electron chi connectivity index (χ4n) is 4.63. The largest absolute Gasteiger partial charge is 0.444 e. The van der Waals surface area contributed by atoms with Crippen molar-refractivity contribution in [3.05, 3.63) is 84.9 Å². The van der Waals surface area contributed by atoms with Crippen LogP contribution in [-0.2, 0) is 6.18 Å². The summed E-state index contributed by atoms with van der Waals surface area (Å²) in [7, 11) is 0. The van der Waals surface area contributed by atoms with E-state index in [1.54, 1.807) is 41.4 Å². The minimum absolute atomic E-state index is 0.126. The summed E-state index contributed by atoms with van der Waals surface area (Å²) in [6.45, 7) is 0.811. The zero-order valence-electron chi connectivity index (χ0n) is 18.3. The summed E-state index contributed by atoms with van der Waals surface area (Å²) in [4.78, 5) is 21.1. The molecule has 1 aromatic heterocycles. The van der Waals surface area contributed by atoms with Crippen LogP contribution in [0.3, 0.4) is 0 Å². The molecule has 4 aromatic rings. The Kier molecular flexibility index (Phi) is 4.80. The van der Waals surface area contributed by atoms with Crippen LogP contribution in [0.1, 0.15) is 12.0 Å². The third-order valence-corrected chi connectivity index (χ3v) is 6.40. The van der Waals surface area contributed by atoms with Crippen LogP contribution in [0.4, 0.5) is 35.0 Å². The van der Waals surface area contributed by atoms with Crippen molar-refractivity contribution < 1.29 is 22.4 Å². The molecular formula is C26H19F3N4O2. The quantitative estimate of drug-likeness (QED) is 0.361. The first-order chi connectivity index (χ1) is 16.9. The lowest BCUT2D eigenvalue weighted by Gasteiger charge is -2.40. The molecule has 0 spiro atoms. The fraction of sp³-hybridized carbons (Fsp3) is 0.154. The number of oxazole rings is 1. The van der Waals surface area contributed by atoms with Gasteiger partial charge in [0.1, 0.15) is 6.17 Å². The molecule has 3 heterocycles. The predicted octanol–water partition coefficient (Wildman–Crippen LogP) is 6.62. The maximum Gasteiger partial charge on any atom is 0.416 e. The van der Waals surface area contributed by atoms with Gasteiger partial charge >= 0.3 is 12.2 Å². The number of nitrogens with zero attached hydrogens (tertiary/aromatic N) is 3. The lowest BCUT2D eigenvalue weighted by molar-refractivity contribution is -0.137. The van der Waals surface area contributed by atoms with Crippen molar-refractivity contribution in [1.82, 2.24) is 4.98 Å². The van der Waals surface area contributed by atoms with E-state index in [0.29, 0.717) is 28.3 Å². The van der Waals surface area contributed by atoms with Gasteiger partial charge in [0, 0.05) is 24.2 Å². The predicted molar refractivity (Wildman–Crippen MR) is 126 cm³/mol. The van der Waals surface area contributed by atoms with Crippen molar-refractivity contribution in [3.63, 3.8) is 0 Å². The Balaban J connectivity index is 1.32. The van der Waals surface area contributed by atoms with Crippen LogP contribution in [0.5, 0.6) is 0 Å². The van der Waals surface area contributed by atoms with Crippen LogP contribution in [-0.4, -0.2) is 23.7 Å². The minimum Gasteiger partial charge on any atom is -0.444 e. The number of alkyl halides is 3. The maximum absolute atomic E-state index is 13.4. The van der Waals surface area contributed by atoms with Gasteiger partial charge in [0.25, 0.3) is 0 Å². The first kappa shape index (κ1) is 21.3. The first-order valence-electron chi connectivity index (χ1n) is 11.1. The highest BCUT2D eigenvalue weighted by molar-refractivity contribution is 6.07. The standard InChI is InChI=1S/C26H19F3N4O2/c27-26(28,29)19-5-1-3-16(11-19)17-7-8-21-22(13-17)33(24-9-10-32(21)24)25(34)31-20-6-2-4-18(12-20)23-14-30-15-35-23/h1-8,11-15,24H,9-10H2,(H,31,34)/t24-/m0/s1. The maximum atomic E-state index is 13.4. The Morgan fingerprint density at radius 2 is 1.77 bits per heavy atom. The number of anilines is 3. The normalized spacial score (nSPS) is 16.5. The van der Waals surface area contributed by atoms with Crippen molar-refractivity contribution in [3.8, 4) is 22.5 Å². The fourth-order valence-corrected chi connectivity index (χ4v) is 4.63. The molecule has 2 amide bonds. The van der Waals surface area contributed by atoms with Crippen molar-refractivity contribution in [1.29, 1.82) is 0 Å². The highest BCUT2D eigenvalue weighted by Crippen LogP contribution is 2.47. The number of carbonyl (C=O) groups excluding carboxylic acids is 1. The van der Waals surface area contributed by atoms with Gasteiger partial charge in [-0.1, -0.05) is 30.3 Å². The topological polar surface area (TPSA) is 61.6 Å². The van der Waals surface area contributed by atoms with Crippen LogP contribution in [0.15, 0.2) is 83.7 Å². The summed E-state index contributed by atoms with van der Waals surface area (Å²) in [5.74, 6) is 0.587. The smallest absolute Gasteiger partial charge is 0.416 e. The van der Waals surface area contributed by atoms with Gasteiger partial charge in [0.05, 0.1) is 23.1 Å². The van der Waals surface area contributed by atoms with Crippen LogP contribution >= 0.6 is 0 Å². The summed E-state index contributed by atoms with van der Waals surface area (Å²) in [5.41, 5.74) is 3.28. The molecule has 0 aliphatic carbocycles. The number of fused-ring (bicyclic) bond motifs is 3. The number of hydrogen-bond acceptors (Lipinski definition) is 4. The van der Waals surface area contributed by atoms with E-state index < -0.39 is 11.7 Å². The Morgan fingerprint density at radius 3 is 2.51 bits per heavy atom. The van der Waals surface area contributed by atoms with Crippen LogP contribution < -0.4 is 15.1 Å². The summed E-state index contributed by atoms with van der Waals surface area (Å²) < 4.78 is 45.0. The van der Waals surface area contributed by atoms with Gasteiger partial charge in [-0.15, -0.1) is 0 Å². The number of rotatable bonds is 3. The molecule has 1 N–H and O–H groups in total. The van der Waals surface area contributed by atoms with Crippen molar-refractivity contribution in [2.45, 2.75) is 18.8 Å². The van der Waals surface area contributed by atoms with E-state index >= 15 is 0 Å². The van der Waals surface area contributed by atoms with E-state index in [1.807, 2.05) is 18.2 Å². The number of carbonyl (C=O) groups is 1. The number of nitrogens with one attached hydrogen (secondary N) is 1. The van der Waals surface area contributed by atoms with Crippen molar-refractivity contribution in [2.24, 2.45) is 0 Å². The lowest BCUT2D eigenvalue weighted by Crippen LogP contribution is -2.56. The third kappa shape index (κ3) is 3.69. The molecule has 2 aliphatic heterocycles. The van der Waals surface area contributed by atoms with E-state index in [1.165, 1.54) is 12.5 Å². The summed E-state index contributed by atoms with van der Waals surface area (Å²) >= 11 is 0. The van der Waals surface area contributed by atoms with Gasteiger partial charge in [-0.2, -0.15) is 13.2 Å². The van der Waals surface area contributed by atoms with Gasteiger partial charge in [-0.05, 0) is 47.5 Å². The number of amides is 2. The Hall–Kier alpha value is -4.27. The van der Waals surface area contributed by atoms with Gasteiger partial charge in [-0.3, -0.25) is 4.90 Å². The molecule has 9 heteroatoms. The second-order valence-corrected chi connectivity index (χ2v) is 8.49. The second kappa shape index (κ2) is 7.90. The molecule has 1 fully saturated rings. The molecule has 6 rings (SSSR count).